The summed E-state index contributed by atoms with van der Waals surface area (Å²) in [5.41, 5.74) is 2.92. The fourth-order valence-electron chi connectivity index (χ4n) is 3.12. The molecular weight excluding hydrogens is 557 g/mol. The summed E-state index contributed by atoms with van der Waals surface area (Å²) in [6.07, 6.45) is 0. The highest BCUT2D eigenvalue weighted by Gasteiger charge is 2.18. The molecule has 36 heavy (non-hydrogen) atoms. The summed E-state index contributed by atoms with van der Waals surface area (Å²) in [6.45, 7) is 3.69. The fourth-order valence-corrected chi connectivity index (χ4v) is 6.06. The lowest BCUT2D eigenvalue weighted by atomic mass is 10.2. The Morgan fingerprint density at radius 3 is 2.36 bits per heavy atom. The van der Waals surface area contributed by atoms with Crippen molar-refractivity contribution in [3.63, 3.8) is 0 Å². The van der Waals surface area contributed by atoms with Gasteiger partial charge in [0.15, 0.2) is 5.13 Å². The number of thiazole rings is 1. The van der Waals surface area contributed by atoms with Gasteiger partial charge in [0.2, 0.25) is 5.91 Å². The maximum absolute atomic E-state index is 12.7. The number of nitrogens with one attached hydrogen (secondary N) is 2. The molecule has 0 bridgehead atoms. The highest BCUT2D eigenvalue weighted by atomic mass is 35.5. The summed E-state index contributed by atoms with van der Waals surface area (Å²) >= 11 is 14.7. The number of hydrogen-bond acceptors (Lipinski definition) is 6. The number of nitrogens with zero attached hydrogens (tertiary/aromatic N) is 1. The van der Waals surface area contributed by atoms with Crippen LogP contribution in [0.4, 0.5) is 10.8 Å². The van der Waals surface area contributed by atoms with Crippen molar-refractivity contribution >= 4 is 73.0 Å². The zero-order chi connectivity index (χ0) is 25.9. The smallest absolute Gasteiger partial charge is 0.261 e. The second-order valence-electron chi connectivity index (χ2n) is 7.86. The van der Waals surface area contributed by atoms with Crippen LogP contribution in [-0.4, -0.2) is 24.6 Å². The van der Waals surface area contributed by atoms with Crippen LogP contribution < -0.4 is 10.0 Å². The predicted molar refractivity (Wildman–Crippen MR) is 150 cm³/mol. The van der Waals surface area contributed by atoms with E-state index < -0.39 is 15.3 Å². The SMILES string of the molecule is Cc1ccc(S(=O)(=O)Nc2ccc(SC(C)C(=O)Nc3nc(-c4ccc(Cl)c(Cl)c4)cs3)cc2)cc1. The number of amides is 1. The summed E-state index contributed by atoms with van der Waals surface area (Å²) in [5.74, 6) is -0.195. The van der Waals surface area contributed by atoms with Crippen LogP contribution in [0.15, 0.2) is 81.9 Å². The molecule has 0 radical (unpaired) electrons. The minimum absolute atomic E-state index is 0.195. The Labute approximate surface area is 228 Å². The van der Waals surface area contributed by atoms with E-state index in [1.165, 1.54) is 23.1 Å². The van der Waals surface area contributed by atoms with Gasteiger partial charge in [-0.25, -0.2) is 13.4 Å². The Morgan fingerprint density at radius 1 is 1.00 bits per heavy atom. The lowest BCUT2D eigenvalue weighted by molar-refractivity contribution is -0.115. The Bertz CT molecular complexity index is 1490. The van der Waals surface area contributed by atoms with E-state index in [9.17, 15) is 13.2 Å². The minimum atomic E-state index is -3.68. The van der Waals surface area contributed by atoms with Gasteiger partial charge in [0, 0.05) is 21.5 Å². The van der Waals surface area contributed by atoms with Gasteiger partial charge >= 0.3 is 0 Å². The first-order valence-electron chi connectivity index (χ1n) is 10.7. The summed E-state index contributed by atoms with van der Waals surface area (Å²) < 4.78 is 27.7. The first kappa shape index (κ1) is 26.5. The topological polar surface area (TPSA) is 88.2 Å². The lowest BCUT2D eigenvalue weighted by Gasteiger charge is -2.12. The third-order valence-corrected chi connectivity index (χ3v) is 9.08. The number of anilines is 2. The van der Waals surface area contributed by atoms with Crippen LogP contribution in [0.1, 0.15) is 12.5 Å². The first-order valence-corrected chi connectivity index (χ1v) is 14.7. The number of aryl methyl sites for hydroxylation is 1. The van der Waals surface area contributed by atoms with Crippen LogP contribution in [0.5, 0.6) is 0 Å². The Kier molecular flexibility index (Phi) is 8.27. The average Bonchev–Trinajstić information content (AvgIpc) is 3.30. The Hall–Kier alpha value is -2.56. The minimum Gasteiger partial charge on any atom is -0.301 e. The lowest BCUT2D eigenvalue weighted by Crippen LogP contribution is -2.22. The van der Waals surface area contributed by atoms with E-state index in [-0.39, 0.29) is 10.8 Å². The monoisotopic (exact) mass is 577 g/mol. The predicted octanol–water partition coefficient (Wildman–Crippen LogP) is 7.35. The van der Waals surface area contributed by atoms with Gasteiger partial charge in [-0.05, 0) is 62.4 Å². The van der Waals surface area contributed by atoms with Crippen molar-refractivity contribution in [1.82, 2.24) is 4.98 Å². The molecule has 0 fully saturated rings. The van der Waals surface area contributed by atoms with Crippen molar-refractivity contribution in [2.45, 2.75) is 28.9 Å². The zero-order valence-corrected chi connectivity index (χ0v) is 23.1. The van der Waals surface area contributed by atoms with Gasteiger partial charge in [-0.15, -0.1) is 23.1 Å². The van der Waals surface area contributed by atoms with Gasteiger partial charge in [0.25, 0.3) is 10.0 Å². The normalized spacial score (nSPS) is 12.2. The number of aromatic nitrogens is 1. The largest absolute Gasteiger partial charge is 0.301 e. The van der Waals surface area contributed by atoms with E-state index in [0.29, 0.717) is 26.6 Å². The van der Waals surface area contributed by atoms with Crippen molar-refractivity contribution in [2.24, 2.45) is 0 Å². The van der Waals surface area contributed by atoms with Crippen molar-refractivity contribution in [3.8, 4) is 11.3 Å². The molecule has 2 N–H and O–H groups in total. The molecule has 1 atom stereocenters. The number of thioether (sulfide) groups is 1. The molecule has 0 aliphatic heterocycles. The number of benzene rings is 3. The Morgan fingerprint density at radius 2 is 1.69 bits per heavy atom. The van der Waals surface area contributed by atoms with Gasteiger partial charge in [-0.1, -0.05) is 47.0 Å². The molecule has 0 saturated carbocycles. The molecular formula is C25H21Cl2N3O3S3. The van der Waals surface area contributed by atoms with Crippen molar-refractivity contribution < 1.29 is 13.2 Å². The maximum atomic E-state index is 12.7. The number of carbonyl (C=O) groups excluding carboxylic acids is 1. The third kappa shape index (κ3) is 6.60. The van der Waals surface area contributed by atoms with Crippen LogP contribution in [-0.2, 0) is 14.8 Å². The molecule has 1 amide bonds. The van der Waals surface area contributed by atoms with Crippen LogP contribution in [0.2, 0.25) is 10.0 Å². The van der Waals surface area contributed by atoms with Crippen LogP contribution in [0.25, 0.3) is 11.3 Å². The van der Waals surface area contributed by atoms with E-state index in [2.05, 4.69) is 15.0 Å². The molecule has 0 saturated heterocycles. The number of sulfonamides is 1. The third-order valence-electron chi connectivity index (χ3n) is 5.07. The molecule has 1 unspecified atom stereocenters. The summed E-state index contributed by atoms with van der Waals surface area (Å²) in [4.78, 5) is 18.2. The molecule has 0 aliphatic carbocycles. The van der Waals surface area contributed by atoms with E-state index in [1.807, 2.05) is 18.4 Å². The van der Waals surface area contributed by atoms with Crippen molar-refractivity contribution in [3.05, 3.63) is 87.7 Å². The fraction of sp³-hybridized carbons (Fsp3) is 0.120. The van der Waals surface area contributed by atoms with E-state index in [1.54, 1.807) is 67.6 Å². The van der Waals surface area contributed by atoms with Crippen LogP contribution >= 0.6 is 46.3 Å². The first-order chi connectivity index (χ1) is 17.1. The van der Waals surface area contributed by atoms with Crippen LogP contribution in [0.3, 0.4) is 0 Å². The highest BCUT2D eigenvalue weighted by molar-refractivity contribution is 8.00. The molecule has 3 aromatic carbocycles. The summed E-state index contributed by atoms with van der Waals surface area (Å²) in [6, 6.07) is 18.8. The molecule has 4 aromatic rings. The molecule has 0 aliphatic rings. The number of rotatable bonds is 8. The van der Waals surface area contributed by atoms with Crippen molar-refractivity contribution in [1.29, 1.82) is 0 Å². The van der Waals surface area contributed by atoms with E-state index in [4.69, 9.17) is 23.2 Å². The molecule has 11 heteroatoms. The molecule has 4 rings (SSSR count). The standard InChI is InChI=1S/C25H21Cl2N3O3S3/c1-15-3-10-20(11-4-15)36(32,33)30-18-6-8-19(9-7-18)35-16(2)24(31)29-25-28-23(14-34-25)17-5-12-21(26)22(27)13-17/h3-14,16,30H,1-2H3,(H,28,29,31). The molecule has 1 heterocycles. The number of halogens is 2. The van der Waals surface area contributed by atoms with Gasteiger partial charge < -0.3 is 5.32 Å². The van der Waals surface area contributed by atoms with Gasteiger partial charge in [-0.2, -0.15) is 0 Å². The summed E-state index contributed by atoms with van der Waals surface area (Å²) in [5, 5.41) is 5.65. The number of hydrogen-bond donors (Lipinski definition) is 2. The summed E-state index contributed by atoms with van der Waals surface area (Å²) in [7, 11) is -3.68. The van der Waals surface area contributed by atoms with Crippen molar-refractivity contribution in [2.75, 3.05) is 10.0 Å². The number of carbonyl (C=O) groups is 1. The molecule has 0 spiro atoms. The molecule has 186 valence electrons. The van der Waals surface area contributed by atoms with E-state index in [0.717, 1.165) is 16.0 Å². The average molecular weight is 579 g/mol. The Balaban J connectivity index is 1.35. The molecule has 6 nitrogen and oxygen atoms in total. The van der Waals surface area contributed by atoms with Gasteiger partial charge in [0.05, 0.1) is 25.9 Å². The second kappa shape index (κ2) is 11.2. The highest BCUT2D eigenvalue weighted by Crippen LogP contribution is 2.31. The maximum Gasteiger partial charge on any atom is 0.261 e. The molecule has 1 aromatic heterocycles. The quantitative estimate of drug-likeness (QED) is 0.214. The van der Waals surface area contributed by atoms with Gasteiger partial charge in [-0.3, -0.25) is 9.52 Å². The second-order valence-corrected chi connectivity index (χ2v) is 12.6. The van der Waals surface area contributed by atoms with E-state index >= 15 is 0 Å². The zero-order valence-electron chi connectivity index (χ0n) is 19.2. The van der Waals surface area contributed by atoms with Crippen LogP contribution in [0, 0.1) is 6.92 Å². The van der Waals surface area contributed by atoms with Gasteiger partial charge in [0.1, 0.15) is 0 Å².